The van der Waals surface area contributed by atoms with Crippen LogP contribution in [-0.4, -0.2) is 29.5 Å². The van der Waals surface area contributed by atoms with Crippen molar-refractivity contribution >= 4 is 17.8 Å². The molecule has 4 amide bonds. The van der Waals surface area contributed by atoms with Crippen LogP contribution >= 0.6 is 0 Å². The van der Waals surface area contributed by atoms with E-state index in [1.54, 1.807) is 31.2 Å². The van der Waals surface area contributed by atoms with Gasteiger partial charge in [0.05, 0.1) is 6.61 Å². The van der Waals surface area contributed by atoms with Gasteiger partial charge in [-0.15, -0.1) is 0 Å². The Morgan fingerprint density at radius 1 is 1.06 bits per heavy atom. The van der Waals surface area contributed by atoms with E-state index < -0.39 is 23.4 Å². The summed E-state index contributed by atoms with van der Waals surface area (Å²) in [6.45, 7) is 8.41. The van der Waals surface area contributed by atoms with Crippen molar-refractivity contribution in [3.8, 4) is 5.75 Å². The fourth-order valence-electron chi connectivity index (χ4n) is 3.36. The number of carbonyl (C=O) groups is 3. The Labute approximate surface area is 182 Å². The zero-order chi connectivity index (χ0) is 22.6. The molecule has 0 radical (unpaired) electrons. The summed E-state index contributed by atoms with van der Waals surface area (Å²) < 4.78 is 5.69. The molecule has 0 bridgehead atoms. The third-order valence-corrected chi connectivity index (χ3v) is 5.32. The van der Waals surface area contributed by atoms with Crippen molar-refractivity contribution in [1.82, 2.24) is 15.8 Å². The van der Waals surface area contributed by atoms with Crippen molar-refractivity contribution in [2.45, 2.75) is 51.5 Å². The largest absolute Gasteiger partial charge is 0.494 e. The van der Waals surface area contributed by atoms with E-state index in [-0.39, 0.29) is 11.8 Å². The number of ether oxygens (including phenoxy) is 1. The van der Waals surface area contributed by atoms with Crippen molar-refractivity contribution in [2.75, 3.05) is 6.61 Å². The molecule has 0 saturated carbocycles. The normalized spacial score (nSPS) is 18.6. The number of benzene rings is 2. The Morgan fingerprint density at radius 3 is 2.32 bits per heavy atom. The standard InChI is InChI=1S/C24H29N3O4/c1-23(2,3)17-12-14-19(15-13-17)31-16-8-11-20(28)26-27-21(29)24(4,25-22(27)30)18-9-6-5-7-10-18/h5-7,9-10,12-15H,8,11,16H2,1-4H3,(H,25,30)(H,26,28)/t24-/m0/s1. The molecule has 2 aromatic carbocycles. The molecule has 1 aliphatic rings. The van der Waals surface area contributed by atoms with Crippen LogP contribution < -0.4 is 15.5 Å². The summed E-state index contributed by atoms with van der Waals surface area (Å²) in [7, 11) is 0. The van der Waals surface area contributed by atoms with E-state index in [1.165, 1.54) is 5.56 Å². The monoisotopic (exact) mass is 423 g/mol. The highest BCUT2D eigenvalue weighted by Gasteiger charge is 2.49. The van der Waals surface area contributed by atoms with E-state index in [1.807, 2.05) is 30.3 Å². The van der Waals surface area contributed by atoms with Crippen LogP contribution in [0.2, 0.25) is 0 Å². The second-order valence-corrected chi connectivity index (χ2v) is 8.82. The Bertz CT molecular complexity index is 951. The first-order chi connectivity index (χ1) is 14.6. The van der Waals surface area contributed by atoms with E-state index in [4.69, 9.17) is 4.74 Å². The number of carbonyl (C=O) groups excluding carboxylic acids is 3. The summed E-state index contributed by atoms with van der Waals surface area (Å²) in [5.74, 6) is -0.208. The molecule has 0 aromatic heterocycles. The topological polar surface area (TPSA) is 87.7 Å². The maximum Gasteiger partial charge on any atom is 0.344 e. The van der Waals surface area contributed by atoms with Gasteiger partial charge in [-0.05, 0) is 42.0 Å². The smallest absolute Gasteiger partial charge is 0.344 e. The van der Waals surface area contributed by atoms with Gasteiger partial charge in [0.2, 0.25) is 5.91 Å². The van der Waals surface area contributed by atoms with Gasteiger partial charge in [0.25, 0.3) is 5.91 Å². The van der Waals surface area contributed by atoms with Gasteiger partial charge in [-0.2, -0.15) is 5.01 Å². The van der Waals surface area contributed by atoms with E-state index in [2.05, 4.69) is 31.5 Å². The third-order valence-electron chi connectivity index (χ3n) is 5.32. The highest BCUT2D eigenvalue weighted by Crippen LogP contribution is 2.28. The molecule has 7 nitrogen and oxygen atoms in total. The van der Waals surface area contributed by atoms with Crippen molar-refractivity contribution in [3.05, 3.63) is 65.7 Å². The molecule has 1 atom stereocenters. The molecule has 2 aromatic rings. The van der Waals surface area contributed by atoms with Crippen molar-refractivity contribution in [1.29, 1.82) is 0 Å². The number of nitrogens with zero attached hydrogens (tertiary/aromatic N) is 1. The average molecular weight is 424 g/mol. The summed E-state index contributed by atoms with van der Waals surface area (Å²) >= 11 is 0. The molecule has 0 spiro atoms. The number of imide groups is 1. The summed E-state index contributed by atoms with van der Waals surface area (Å²) in [5.41, 5.74) is 3.13. The van der Waals surface area contributed by atoms with Gasteiger partial charge >= 0.3 is 6.03 Å². The number of nitrogens with one attached hydrogen (secondary N) is 2. The number of hydrogen-bond donors (Lipinski definition) is 2. The summed E-state index contributed by atoms with van der Waals surface area (Å²) in [6, 6.07) is 16.2. The molecular formula is C24H29N3O4. The Morgan fingerprint density at radius 2 is 1.71 bits per heavy atom. The molecule has 1 aliphatic heterocycles. The molecule has 1 saturated heterocycles. The van der Waals surface area contributed by atoms with E-state index >= 15 is 0 Å². The van der Waals surface area contributed by atoms with E-state index in [0.29, 0.717) is 18.6 Å². The SMILES string of the molecule is CC(C)(C)c1ccc(OCCCC(=O)NN2C(=O)N[C@@](C)(c3ccccc3)C2=O)cc1. The average Bonchev–Trinajstić information content (AvgIpc) is 2.95. The highest BCUT2D eigenvalue weighted by molar-refractivity contribution is 6.08. The quantitative estimate of drug-likeness (QED) is 0.526. The first kappa shape index (κ1) is 22.3. The molecule has 1 fully saturated rings. The lowest BCUT2D eigenvalue weighted by molar-refractivity contribution is -0.139. The number of urea groups is 1. The minimum absolute atomic E-state index is 0.0759. The van der Waals surface area contributed by atoms with Crippen molar-refractivity contribution in [2.24, 2.45) is 0 Å². The van der Waals surface area contributed by atoms with E-state index in [9.17, 15) is 14.4 Å². The van der Waals surface area contributed by atoms with Gasteiger partial charge in [-0.25, -0.2) is 4.79 Å². The highest BCUT2D eigenvalue weighted by atomic mass is 16.5. The summed E-state index contributed by atoms with van der Waals surface area (Å²) in [6.07, 6.45) is 0.575. The Kier molecular flexibility index (Phi) is 6.34. The van der Waals surface area contributed by atoms with Gasteiger partial charge in [0.1, 0.15) is 11.3 Å². The molecule has 1 heterocycles. The fraction of sp³-hybridized carbons (Fsp3) is 0.375. The van der Waals surface area contributed by atoms with Crippen LogP contribution in [0.1, 0.15) is 51.7 Å². The molecule has 3 rings (SSSR count). The van der Waals surface area contributed by atoms with Crippen LogP contribution in [0.15, 0.2) is 54.6 Å². The number of hydrogen-bond acceptors (Lipinski definition) is 4. The van der Waals surface area contributed by atoms with Crippen LogP contribution in [0, 0.1) is 0 Å². The molecule has 164 valence electrons. The predicted octanol–water partition coefficient (Wildman–Crippen LogP) is 3.64. The first-order valence-electron chi connectivity index (χ1n) is 10.4. The molecule has 31 heavy (non-hydrogen) atoms. The lowest BCUT2D eigenvalue weighted by Crippen LogP contribution is -2.47. The van der Waals surface area contributed by atoms with Crippen LogP contribution in [-0.2, 0) is 20.5 Å². The minimum atomic E-state index is -1.21. The lowest BCUT2D eigenvalue weighted by Gasteiger charge is -2.22. The van der Waals surface area contributed by atoms with Gasteiger partial charge in [0.15, 0.2) is 0 Å². The maximum atomic E-state index is 12.8. The Balaban J connectivity index is 1.48. The van der Waals surface area contributed by atoms with Gasteiger partial charge in [0, 0.05) is 6.42 Å². The predicted molar refractivity (Wildman–Crippen MR) is 117 cm³/mol. The Hall–Kier alpha value is -3.35. The second kappa shape index (κ2) is 8.79. The first-order valence-corrected chi connectivity index (χ1v) is 10.4. The molecule has 2 N–H and O–H groups in total. The van der Waals surface area contributed by atoms with E-state index in [0.717, 1.165) is 10.8 Å². The van der Waals surface area contributed by atoms with Crippen LogP contribution in [0.4, 0.5) is 4.79 Å². The molecule has 0 aliphatic carbocycles. The number of rotatable bonds is 7. The number of amides is 4. The third kappa shape index (κ3) is 5.05. The van der Waals surface area contributed by atoms with Crippen molar-refractivity contribution < 1.29 is 19.1 Å². The van der Waals surface area contributed by atoms with Gasteiger partial charge in [-0.3, -0.25) is 15.0 Å². The molecular weight excluding hydrogens is 394 g/mol. The fourth-order valence-corrected chi connectivity index (χ4v) is 3.36. The van der Waals surface area contributed by atoms with Gasteiger partial charge in [-0.1, -0.05) is 63.2 Å². The minimum Gasteiger partial charge on any atom is -0.494 e. The lowest BCUT2D eigenvalue weighted by atomic mass is 9.87. The molecule has 7 heteroatoms. The maximum absolute atomic E-state index is 12.8. The van der Waals surface area contributed by atoms with Crippen molar-refractivity contribution in [3.63, 3.8) is 0 Å². The number of hydrazine groups is 1. The zero-order valence-electron chi connectivity index (χ0n) is 18.4. The van der Waals surface area contributed by atoms with Gasteiger partial charge < -0.3 is 10.1 Å². The summed E-state index contributed by atoms with van der Waals surface area (Å²) in [5, 5.41) is 3.40. The van der Waals surface area contributed by atoms with Crippen LogP contribution in [0.5, 0.6) is 5.75 Å². The van der Waals surface area contributed by atoms with Crippen LogP contribution in [0.25, 0.3) is 0 Å². The second-order valence-electron chi connectivity index (χ2n) is 8.82. The zero-order valence-corrected chi connectivity index (χ0v) is 18.4. The molecule has 0 unspecified atom stereocenters. The summed E-state index contributed by atoms with van der Waals surface area (Å²) in [4.78, 5) is 37.3. The van der Waals surface area contributed by atoms with Crippen LogP contribution in [0.3, 0.4) is 0 Å².